The highest BCUT2D eigenvalue weighted by molar-refractivity contribution is 5.99. The number of benzene rings is 2. The summed E-state index contributed by atoms with van der Waals surface area (Å²) in [5.74, 6) is -0.501. The van der Waals surface area contributed by atoms with Crippen LogP contribution in [0.15, 0.2) is 55.0 Å². The van der Waals surface area contributed by atoms with E-state index < -0.39 is 5.82 Å². The molecule has 0 radical (unpaired) electrons. The van der Waals surface area contributed by atoms with Crippen molar-refractivity contribution in [2.45, 2.75) is 39.7 Å². The number of pyridine rings is 1. The van der Waals surface area contributed by atoms with Gasteiger partial charge in [0.05, 0.1) is 36.0 Å². The van der Waals surface area contributed by atoms with E-state index >= 15 is 4.39 Å². The van der Waals surface area contributed by atoms with Crippen LogP contribution in [0.1, 0.15) is 42.3 Å². The number of nitrogens with one attached hydrogen (secondary N) is 1. The molecule has 0 saturated heterocycles. The van der Waals surface area contributed by atoms with E-state index in [1.807, 2.05) is 20.8 Å². The number of carbonyl (C=O) groups is 2. The van der Waals surface area contributed by atoms with Crippen molar-refractivity contribution in [3.63, 3.8) is 0 Å². The number of likely N-dealkylation sites (N-methyl/N-ethyl adjacent to an activating group) is 1. The quantitative estimate of drug-likeness (QED) is 0.341. The first kappa shape index (κ1) is 27.7. The number of halogens is 1. The summed E-state index contributed by atoms with van der Waals surface area (Å²) in [4.78, 5) is 31.1. The number of nitrogens with zero attached hydrogens (tertiary/aromatic N) is 4. The van der Waals surface area contributed by atoms with Crippen molar-refractivity contribution in [3.05, 3.63) is 77.5 Å². The highest BCUT2D eigenvalue weighted by Crippen LogP contribution is 2.33. The van der Waals surface area contributed by atoms with E-state index in [9.17, 15) is 9.59 Å². The summed E-state index contributed by atoms with van der Waals surface area (Å²) in [7, 11) is 1.61. The van der Waals surface area contributed by atoms with E-state index in [1.165, 1.54) is 11.0 Å². The molecule has 4 rings (SSSR count). The van der Waals surface area contributed by atoms with Crippen LogP contribution in [-0.2, 0) is 16.8 Å². The largest absolute Gasteiger partial charge is 0.456 e. The molecule has 0 fully saturated rings. The van der Waals surface area contributed by atoms with Gasteiger partial charge in [-0.25, -0.2) is 4.39 Å². The average Bonchev–Trinajstić information content (AvgIpc) is 3.35. The predicted octanol–water partition coefficient (Wildman–Crippen LogP) is 4.67. The minimum Gasteiger partial charge on any atom is -0.456 e. The van der Waals surface area contributed by atoms with Gasteiger partial charge in [-0.05, 0) is 69.2 Å². The lowest BCUT2D eigenvalue weighted by molar-refractivity contribution is -0.115. The monoisotopic (exact) mass is 533 g/mol. The molecule has 0 unspecified atom stereocenters. The minimum atomic E-state index is -0.573. The van der Waals surface area contributed by atoms with Crippen LogP contribution in [0.3, 0.4) is 0 Å². The summed E-state index contributed by atoms with van der Waals surface area (Å²) >= 11 is 0. The molecule has 2 aromatic carbocycles. The number of aliphatic hydroxyl groups is 1. The first-order valence-corrected chi connectivity index (χ1v) is 12.5. The second-order valence-corrected chi connectivity index (χ2v) is 10.4. The molecule has 4 aromatic rings. The fourth-order valence-electron chi connectivity index (χ4n) is 4.03. The molecule has 2 N–H and O–H groups in total. The molecule has 0 bridgehead atoms. The Bertz CT molecular complexity index is 1530. The molecule has 2 amide bonds. The topological polar surface area (TPSA) is 110 Å². The van der Waals surface area contributed by atoms with Crippen molar-refractivity contribution in [1.29, 1.82) is 0 Å². The molecular formula is C29H32FN5O4. The standard InChI is InChI=1S/C29H32FN5O4/c1-18-12-20(14-27(37)33-21-16-32-35(17-21)29(2,3)4)23(30)15-26(18)39-25-8-9-31-24-7-6-19(13-22(24)25)28(38)34(5)10-11-36/h6-9,12-13,15-17,36H,10-11,14H2,1-5H3,(H,33,37). The van der Waals surface area contributed by atoms with Crippen LogP contribution in [-0.4, -0.2) is 56.8 Å². The Balaban J connectivity index is 1.53. The van der Waals surface area contributed by atoms with Gasteiger partial charge in [0, 0.05) is 43.0 Å². The maximum atomic E-state index is 15.1. The van der Waals surface area contributed by atoms with Gasteiger partial charge in [0.15, 0.2) is 0 Å². The van der Waals surface area contributed by atoms with Crippen molar-refractivity contribution in [2.75, 3.05) is 25.5 Å². The molecule has 0 aliphatic heterocycles. The van der Waals surface area contributed by atoms with Crippen LogP contribution in [0.2, 0.25) is 0 Å². The number of carbonyl (C=O) groups excluding carboxylic acids is 2. The van der Waals surface area contributed by atoms with Crippen molar-refractivity contribution < 1.29 is 23.8 Å². The van der Waals surface area contributed by atoms with Gasteiger partial charge in [-0.2, -0.15) is 5.10 Å². The highest BCUT2D eigenvalue weighted by atomic mass is 19.1. The summed E-state index contributed by atoms with van der Waals surface area (Å²) in [5.41, 5.74) is 2.20. The van der Waals surface area contributed by atoms with E-state index in [-0.39, 0.29) is 48.2 Å². The van der Waals surface area contributed by atoms with Crippen molar-refractivity contribution in [3.8, 4) is 11.5 Å². The molecule has 0 saturated carbocycles. The van der Waals surface area contributed by atoms with Crippen molar-refractivity contribution in [2.24, 2.45) is 0 Å². The predicted molar refractivity (Wildman–Crippen MR) is 147 cm³/mol. The van der Waals surface area contributed by atoms with Crippen LogP contribution in [0.25, 0.3) is 10.9 Å². The molecule has 0 aliphatic carbocycles. The number of aryl methyl sites for hydroxylation is 1. The van der Waals surface area contributed by atoms with Gasteiger partial charge in [-0.1, -0.05) is 0 Å². The van der Waals surface area contributed by atoms with Gasteiger partial charge in [-0.15, -0.1) is 0 Å². The summed E-state index contributed by atoms with van der Waals surface area (Å²) < 4.78 is 22.9. The molecule has 0 atom stereocenters. The van der Waals surface area contributed by atoms with E-state index in [2.05, 4.69) is 15.4 Å². The van der Waals surface area contributed by atoms with Crippen LogP contribution in [0.5, 0.6) is 11.5 Å². The summed E-state index contributed by atoms with van der Waals surface area (Å²) in [6, 6.07) is 9.53. The number of amides is 2. The Kier molecular flexibility index (Phi) is 7.96. The van der Waals surface area contributed by atoms with E-state index in [1.54, 1.807) is 67.6 Å². The second-order valence-electron chi connectivity index (χ2n) is 10.4. The van der Waals surface area contributed by atoms with Crippen LogP contribution in [0.4, 0.5) is 10.1 Å². The Labute approximate surface area is 226 Å². The molecule has 0 aliphatic rings. The van der Waals surface area contributed by atoms with Crippen LogP contribution < -0.4 is 10.1 Å². The number of aliphatic hydroxyl groups excluding tert-OH is 1. The SMILES string of the molecule is Cc1cc(CC(=O)Nc2cnn(C(C)(C)C)c2)c(F)cc1Oc1ccnc2ccc(C(=O)N(C)CCO)cc12. The third kappa shape index (κ3) is 6.40. The smallest absolute Gasteiger partial charge is 0.253 e. The van der Waals surface area contributed by atoms with E-state index in [0.717, 1.165) is 0 Å². The first-order chi connectivity index (χ1) is 18.5. The van der Waals surface area contributed by atoms with Crippen molar-refractivity contribution in [1.82, 2.24) is 19.7 Å². The van der Waals surface area contributed by atoms with Crippen LogP contribution in [0, 0.1) is 12.7 Å². The zero-order chi connectivity index (χ0) is 28.3. The lowest BCUT2D eigenvalue weighted by atomic mass is 10.1. The highest BCUT2D eigenvalue weighted by Gasteiger charge is 2.18. The van der Waals surface area contributed by atoms with E-state index in [0.29, 0.717) is 33.5 Å². The molecule has 2 aromatic heterocycles. The molecule has 204 valence electrons. The summed E-state index contributed by atoms with van der Waals surface area (Å²) in [5, 5.41) is 16.7. The van der Waals surface area contributed by atoms with Gasteiger partial charge in [-0.3, -0.25) is 19.3 Å². The fourth-order valence-corrected chi connectivity index (χ4v) is 4.03. The fraction of sp³-hybridized carbons (Fsp3) is 0.310. The number of hydrogen-bond acceptors (Lipinski definition) is 6. The normalized spacial score (nSPS) is 11.5. The van der Waals surface area contributed by atoms with Crippen molar-refractivity contribution >= 4 is 28.4 Å². The van der Waals surface area contributed by atoms with Gasteiger partial charge < -0.3 is 20.1 Å². The van der Waals surface area contributed by atoms with Gasteiger partial charge >= 0.3 is 0 Å². The number of rotatable bonds is 8. The Morgan fingerprint density at radius 3 is 2.62 bits per heavy atom. The Hall–Kier alpha value is -4.31. The number of anilines is 1. The van der Waals surface area contributed by atoms with Gasteiger partial charge in [0.1, 0.15) is 17.3 Å². The average molecular weight is 534 g/mol. The third-order valence-corrected chi connectivity index (χ3v) is 6.20. The lowest BCUT2D eigenvalue weighted by Gasteiger charge is -2.18. The maximum Gasteiger partial charge on any atom is 0.253 e. The summed E-state index contributed by atoms with van der Waals surface area (Å²) in [6.07, 6.45) is 4.71. The molecule has 10 heteroatoms. The maximum absolute atomic E-state index is 15.1. The number of aromatic nitrogens is 3. The first-order valence-electron chi connectivity index (χ1n) is 12.5. The molecule has 9 nitrogen and oxygen atoms in total. The van der Waals surface area contributed by atoms with Crippen LogP contribution >= 0.6 is 0 Å². The second kappa shape index (κ2) is 11.2. The number of fused-ring (bicyclic) bond motifs is 1. The molecular weight excluding hydrogens is 501 g/mol. The lowest BCUT2D eigenvalue weighted by Crippen LogP contribution is -2.29. The van der Waals surface area contributed by atoms with Gasteiger partial charge in [0.2, 0.25) is 5.91 Å². The third-order valence-electron chi connectivity index (χ3n) is 6.20. The molecule has 2 heterocycles. The minimum absolute atomic E-state index is 0.143. The molecule has 0 spiro atoms. The Morgan fingerprint density at radius 1 is 1.15 bits per heavy atom. The number of ether oxygens (including phenoxy) is 1. The Morgan fingerprint density at radius 2 is 1.92 bits per heavy atom. The summed E-state index contributed by atoms with van der Waals surface area (Å²) in [6.45, 7) is 7.83. The van der Waals surface area contributed by atoms with Gasteiger partial charge in [0.25, 0.3) is 5.91 Å². The zero-order valence-electron chi connectivity index (χ0n) is 22.7. The molecule has 39 heavy (non-hydrogen) atoms. The zero-order valence-corrected chi connectivity index (χ0v) is 22.7. The number of hydrogen-bond donors (Lipinski definition) is 2. The van der Waals surface area contributed by atoms with E-state index in [4.69, 9.17) is 9.84 Å².